The molecule has 0 N–H and O–H groups in total. The number of Topliss-reactive ketones (excluding diaryl/α,β-unsaturated/α-hetero) is 1. The van der Waals surface area contributed by atoms with E-state index in [4.69, 9.17) is 0 Å². The van der Waals surface area contributed by atoms with Crippen molar-refractivity contribution in [3.05, 3.63) is 35.4 Å². The first-order valence-corrected chi connectivity index (χ1v) is 5.66. The lowest BCUT2D eigenvalue weighted by Crippen LogP contribution is -2.12. The summed E-state index contributed by atoms with van der Waals surface area (Å²) in [7, 11) is 1.84. The van der Waals surface area contributed by atoms with E-state index in [-0.39, 0.29) is 5.78 Å². The fourth-order valence-electron chi connectivity index (χ4n) is 1.82. The third-order valence-corrected chi connectivity index (χ3v) is 2.60. The van der Waals surface area contributed by atoms with Gasteiger partial charge in [0.15, 0.2) is 5.78 Å². The number of aromatic nitrogens is 4. The van der Waals surface area contributed by atoms with E-state index in [9.17, 15) is 4.79 Å². The molecule has 90 valence electrons. The number of carbonyl (C=O) groups excluding carboxylic acids is 1. The minimum atomic E-state index is 0.0613. The van der Waals surface area contributed by atoms with Gasteiger partial charge in [-0.15, -0.1) is 0 Å². The molecule has 0 unspecified atom stereocenters. The zero-order valence-corrected chi connectivity index (χ0v) is 10.3. The Morgan fingerprint density at radius 1 is 1.41 bits per heavy atom. The number of nitrogens with zero attached hydrogens (tertiary/aromatic N) is 4. The SMILES string of the molecule is CCn1nc(C)cc1C(=O)Cc1ccn(C)n1. The second kappa shape index (κ2) is 4.53. The standard InChI is InChI=1S/C12H16N4O/c1-4-16-11(7-9(2)13-16)12(17)8-10-5-6-15(3)14-10/h5-7H,4,8H2,1-3H3. The Bertz CT molecular complexity index is 538. The van der Waals surface area contributed by atoms with Crippen molar-refractivity contribution in [2.75, 3.05) is 0 Å². The fraction of sp³-hybridized carbons (Fsp3) is 0.417. The number of hydrogen-bond donors (Lipinski definition) is 0. The predicted octanol–water partition coefficient (Wildman–Crippen LogP) is 1.37. The van der Waals surface area contributed by atoms with Crippen LogP contribution in [0.2, 0.25) is 0 Å². The number of aryl methyl sites for hydroxylation is 3. The first kappa shape index (κ1) is 11.6. The number of ketones is 1. The van der Waals surface area contributed by atoms with Crippen LogP contribution in [0.4, 0.5) is 0 Å². The van der Waals surface area contributed by atoms with Gasteiger partial charge in [-0.25, -0.2) is 0 Å². The average molecular weight is 232 g/mol. The molecular formula is C12H16N4O. The zero-order valence-electron chi connectivity index (χ0n) is 10.3. The van der Waals surface area contributed by atoms with Gasteiger partial charge in [0.05, 0.1) is 17.8 Å². The first-order chi connectivity index (χ1) is 8.10. The Balaban J connectivity index is 2.19. The maximum Gasteiger partial charge on any atom is 0.186 e. The molecule has 2 rings (SSSR count). The topological polar surface area (TPSA) is 52.7 Å². The molecule has 5 nitrogen and oxygen atoms in total. The van der Waals surface area contributed by atoms with Crippen molar-refractivity contribution in [3.8, 4) is 0 Å². The van der Waals surface area contributed by atoms with E-state index in [0.717, 1.165) is 11.4 Å². The van der Waals surface area contributed by atoms with Crippen molar-refractivity contribution < 1.29 is 4.79 Å². The summed E-state index contributed by atoms with van der Waals surface area (Å²) in [5, 5.41) is 8.47. The van der Waals surface area contributed by atoms with E-state index >= 15 is 0 Å². The molecule has 0 saturated heterocycles. The van der Waals surface area contributed by atoms with Crippen molar-refractivity contribution >= 4 is 5.78 Å². The molecule has 0 aliphatic carbocycles. The van der Waals surface area contributed by atoms with Gasteiger partial charge in [0.1, 0.15) is 5.69 Å². The molecule has 0 aliphatic heterocycles. The molecule has 0 bridgehead atoms. The summed E-state index contributed by atoms with van der Waals surface area (Å²) in [6.07, 6.45) is 2.16. The highest BCUT2D eigenvalue weighted by Gasteiger charge is 2.14. The predicted molar refractivity (Wildman–Crippen MR) is 63.9 cm³/mol. The molecule has 0 amide bonds. The third kappa shape index (κ3) is 2.43. The lowest BCUT2D eigenvalue weighted by molar-refractivity contribution is 0.0981. The van der Waals surface area contributed by atoms with Crippen LogP contribution in [0.1, 0.15) is 28.8 Å². The number of hydrogen-bond acceptors (Lipinski definition) is 3. The number of carbonyl (C=O) groups is 1. The molecule has 0 saturated carbocycles. The summed E-state index contributed by atoms with van der Waals surface area (Å²) >= 11 is 0. The van der Waals surface area contributed by atoms with Gasteiger partial charge in [-0.1, -0.05) is 0 Å². The Morgan fingerprint density at radius 2 is 2.18 bits per heavy atom. The van der Waals surface area contributed by atoms with Gasteiger partial charge in [-0.05, 0) is 26.0 Å². The second-order valence-electron chi connectivity index (χ2n) is 4.07. The van der Waals surface area contributed by atoms with Crippen LogP contribution in [0.15, 0.2) is 18.3 Å². The normalized spacial score (nSPS) is 10.8. The minimum absolute atomic E-state index is 0.0613. The van der Waals surface area contributed by atoms with Crippen LogP contribution in [0.3, 0.4) is 0 Å². The smallest absolute Gasteiger partial charge is 0.186 e. The van der Waals surface area contributed by atoms with Gasteiger partial charge < -0.3 is 0 Å². The van der Waals surface area contributed by atoms with Crippen molar-refractivity contribution in [1.82, 2.24) is 19.6 Å². The Labute approximate surface area is 100 Å². The lowest BCUT2D eigenvalue weighted by Gasteiger charge is -2.02. The molecule has 2 aromatic heterocycles. The largest absolute Gasteiger partial charge is 0.292 e. The van der Waals surface area contributed by atoms with Crippen LogP contribution in [0, 0.1) is 6.92 Å². The molecule has 0 atom stereocenters. The highest BCUT2D eigenvalue weighted by atomic mass is 16.1. The van der Waals surface area contributed by atoms with Crippen molar-refractivity contribution in [2.24, 2.45) is 7.05 Å². The molecular weight excluding hydrogens is 216 g/mol. The average Bonchev–Trinajstić information content (AvgIpc) is 2.84. The summed E-state index contributed by atoms with van der Waals surface area (Å²) in [4.78, 5) is 12.1. The Hall–Kier alpha value is -1.91. The van der Waals surface area contributed by atoms with Crippen LogP contribution in [-0.4, -0.2) is 25.3 Å². The van der Waals surface area contributed by atoms with E-state index in [0.29, 0.717) is 18.7 Å². The molecule has 0 aromatic carbocycles. The Kier molecular flexibility index (Phi) is 3.08. The van der Waals surface area contributed by atoms with Crippen LogP contribution in [0.5, 0.6) is 0 Å². The van der Waals surface area contributed by atoms with E-state index in [1.807, 2.05) is 39.2 Å². The molecule has 0 fully saturated rings. The Morgan fingerprint density at radius 3 is 2.76 bits per heavy atom. The molecule has 2 heterocycles. The molecule has 5 heteroatoms. The van der Waals surface area contributed by atoms with Crippen molar-refractivity contribution in [1.29, 1.82) is 0 Å². The molecule has 2 aromatic rings. The van der Waals surface area contributed by atoms with Gasteiger partial charge >= 0.3 is 0 Å². The van der Waals surface area contributed by atoms with Crippen molar-refractivity contribution in [2.45, 2.75) is 26.8 Å². The maximum absolute atomic E-state index is 12.1. The van der Waals surface area contributed by atoms with Gasteiger partial charge in [0, 0.05) is 19.8 Å². The molecule has 17 heavy (non-hydrogen) atoms. The highest BCUT2D eigenvalue weighted by molar-refractivity contribution is 5.95. The van der Waals surface area contributed by atoms with E-state index < -0.39 is 0 Å². The monoisotopic (exact) mass is 232 g/mol. The van der Waals surface area contributed by atoms with Crippen molar-refractivity contribution in [3.63, 3.8) is 0 Å². The first-order valence-electron chi connectivity index (χ1n) is 5.66. The second-order valence-corrected chi connectivity index (χ2v) is 4.07. The minimum Gasteiger partial charge on any atom is -0.292 e. The zero-order chi connectivity index (χ0) is 12.4. The summed E-state index contributed by atoms with van der Waals surface area (Å²) in [5.74, 6) is 0.0613. The van der Waals surface area contributed by atoms with Gasteiger partial charge in [-0.3, -0.25) is 14.2 Å². The molecule has 0 radical (unpaired) electrons. The number of rotatable bonds is 4. The van der Waals surface area contributed by atoms with E-state index in [1.54, 1.807) is 9.36 Å². The highest BCUT2D eigenvalue weighted by Crippen LogP contribution is 2.08. The van der Waals surface area contributed by atoms with Crippen LogP contribution < -0.4 is 0 Å². The van der Waals surface area contributed by atoms with Gasteiger partial charge in [-0.2, -0.15) is 10.2 Å². The third-order valence-electron chi connectivity index (χ3n) is 2.60. The van der Waals surface area contributed by atoms with E-state index in [2.05, 4.69) is 10.2 Å². The van der Waals surface area contributed by atoms with Crippen LogP contribution in [-0.2, 0) is 20.0 Å². The summed E-state index contributed by atoms with van der Waals surface area (Å²) in [5.41, 5.74) is 2.32. The maximum atomic E-state index is 12.1. The summed E-state index contributed by atoms with van der Waals surface area (Å²) in [6.45, 7) is 4.57. The summed E-state index contributed by atoms with van der Waals surface area (Å²) in [6, 6.07) is 3.69. The van der Waals surface area contributed by atoms with Gasteiger partial charge in [0.25, 0.3) is 0 Å². The molecule has 0 aliphatic rings. The molecule has 0 spiro atoms. The van der Waals surface area contributed by atoms with Crippen LogP contribution in [0.25, 0.3) is 0 Å². The van der Waals surface area contributed by atoms with Crippen LogP contribution >= 0.6 is 0 Å². The van der Waals surface area contributed by atoms with E-state index in [1.165, 1.54) is 0 Å². The lowest BCUT2D eigenvalue weighted by atomic mass is 10.1. The fourth-order valence-corrected chi connectivity index (χ4v) is 1.82. The quantitative estimate of drug-likeness (QED) is 0.748. The van der Waals surface area contributed by atoms with Gasteiger partial charge in [0.2, 0.25) is 0 Å². The summed E-state index contributed by atoms with van der Waals surface area (Å²) < 4.78 is 3.44.